The summed E-state index contributed by atoms with van der Waals surface area (Å²) in [5, 5.41) is 4.77. The van der Waals surface area contributed by atoms with Gasteiger partial charge in [-0.15, -0.1) is 11.3 Å². The number of furan rings is 1. The van der Waals surface area contributed by atoms with Gasteiger partial charge < -0.3 is 4.42 Å². The lowest BCUT2D eigenvalue weighted by atomic mass is 9.98. The molecule has 0 N–H and O–H groups in total. The zero-order valence-electron chi connectivity index (χ0n) is 26.7. The van der Waals surface area contributed by atoms with Crippen LogP contribution in [0.25, 0.3) is 98.3 Å². The highest BCUT2D eigenvalue weighted by molar-refractivity contribution is 7.25. The molecule has 4 nitrogen and oxygen atoms in total. The van der Waals surface area contributed by atoms with E-state index < -0.39 is 0 Å². The van der Waals surface area contributed by atoms with Crippen molar-refractivity contribution in [2.75, 3.05) is 0 Å². The van der Waals surface area contributed by atoms with E-state index in [1.54, 1.807) is 6.20 Å². The third-order valence-corrected chi connectivity index (χ3v) is 10.6. The Kier molecular flexibility index (Phi) is 6.64. The van der Waals surface area contributed by atoms with Crippen LogP contribution >= 0.6 is 11.3 Å². The van der Waals surface area contributed by atoms with Gasteiger partial charge in [-0.25, -0.2) is 9.97 Å². The molecule has 6 aromatic carbocycles. The Morgan fingerprint density at radius 3 is 1.96 bits per heavy atom. The molecule has 0 saturated carbocycles. The third-order valence-electron chi connectivity index (χ3n) is 9.43. The molecule has 234 valence electrons. The van der Waals surface area contributed by atoms with E-state index >= 15 is 0 Å². The number of nitrogens with zero attached hydrogens (tertiary/aromatic N) is 3. The average Bonchev–Trinajstić information content (AvgIpc) is 3.76. The van der Waals surface area contributed by atoms with Crippen molar-refractivity contribution in [2.45, 2.75) is 0 Å². The first-order valence-electron chi connectivity index (χ1n) is 16.6. The lowest BCUT2D eigenvalue weighted by molar-refractivity contribution is 0.669. The average molecular weight is 658 g/mol. The van der Waals surface area contributed by atoms with Crippen molar-refractivity contribution in [1.82, 2.24) is 15.0 Å². The number of thiophene rings is 1. The molecule has 0 aliphatic rings. The first-order valence-corrected chi connectivity index (χ1v) is 17.4. The molecule has 10 rings (SSSR count). The van der Waals surface area contributed by atoms with E-state index in [0.717, 1.165) is 72.3 Å². The van der Waals surface area contributed by atoms with Crippen LogP contribution in [-0.4, -0.2) is 15.0 Å². The van der Waals surface area contributed by atoms with E-state index in [4.69, 9.17) is 14.4 Å². The molecule has 0 radical (unpaired) electrons. The zero-order valence-corrected chi connectivity index (χ0v) is 27.6. The largest absolute Gasteiger partial charge is 0.456 e. The summed E-state index contributed by atoms with van der Waals surface area (Å²) in [4.78, 5) is 14.8. The predicted molar refractivity (Wildman–Crippen MR) is 207 cm³/mol. The summed E-state index contributed by atoms with van der Waals surface area (Å²) in [5.41, 5.74) is 10.8. The van der Waals surface area contributed by atoms with Crippen LogP contribution < -0.4 is 0 Å². The molecule has 0 bridgehead atoms. The minimum absolute atomic E-state index is 0.673. The van der Waals surface area contributed by atoms with Crippen LogP contribution in [0, 0.1) is 0 Å². The Bertz CT molecular complexity index is 2870. The lowest BCUT2D eigenvalue weighted by Crippen LogP contribution is -1.97. The smallest absolute Gasteiger partial charge is 0.161 e. The molecule has 0 saturated heterocycles. The van der Waals surface area contributed by atoms with E-state index in [0.29, 0.717) is 5.82 Å². The van der Waals surface area contributed by atoms with Crippen LogP contribution in [0.4, 0.5) is 0 Å². The van der Waals surface area contributed by atoms with Gasteiger partial charge in [-0.1, -0.05) is 103 Å². The summed E-state index contributed by atoms with van der Waals surface area (Å²) in [5.74, 6) is 0.673. The highest BCUT2D eigenvalue weighted by atomic mass is 32.1. The van der Waals surface area contributed by atoms with Crippen LogP contribution in [0.3, 0.4) is 0 Å². The van der Waals surface area contributed by atoms with Crippen molar-refractivity contribution in [2.24, 2.45) is 0 Å². The van der Waals surface area contributed by atoms with Gasteiger partial charge in [0.25, 0.3) is 0 Å². The molecule has 5 heteroatoms. The number of para-hydroxylation sites is 1. The van der Waals surface area contributed by atoms with Crippen molar-refractivity contribution >= 4 is 53.4 Å². The fourth-order valence-electron chi connectivity index (χ4n) is 6.94. The van der Waals surface area contributed by atoms with Gasteiger partial charge in [0.2, 0.25) is 0 Å². The predicted octanol–water partition coefficient (Wildman–Crippen LogP) is 12.5. The Labute approximate surface area is 292 Å². The SMILES string of the molecule is c1cncc(-c2ccccc2-c2nc(-c3ccc(-c4ccc5c(c4)oc4ccccc45)cc3)cc(-c3ccc4sc5ccccc5c4c3)n2)c1. The maximum absolute atomic E-state index is 6.18. The summed E-state index contributed by atoms with van der Waals surface area (Å²) in [7, 11) is 0. The number of fused-ring (bicyclic) bond motifs is 6. The van der Waals surface area contributed by atoms with Crippen LogP contribution in [0.5, 0.6) is 0 Å². The molecule has 0 fully saturated rings. The Morgan fingerprint density at radius 2 is 1.10 bits per heavy atom. The van der Waals surface area contributed by atoms with Gasteiger partial charge in [-0.3, -0.25) is 4.98 Å². The highest BCUT2D eigenvalue weighted by Crippen LogP contribution is 2.38. The van der Waals surface area contributed by atoms with Gasteiger partial charge in [-0.2, -0.15) is 0 Å². The monoisotopic (exact) mass is 657 g/mol. The number of hydrogen-bond acceptors (Lipinski definition) is 5. The molecule has 0 aliphatic carbocycles. The fourth-order valence-corrected chi connectivity index (χ4v) is 8.03. The second kappa shape index (κ2) is 11.6. The molecule has 0 spiro atoms. The fraction of sp³-hybridized carbons (Fsp3) is 0. The number of aromatic nitrogens is 3. The second-order valence-electron chi connectivity index (χ2n) is 12.4. The minimum Gasteiger partial charge on any atom is -0.456 e. The first-order chi connectivity index (χ1) is 24.7. The van der Waals surface area contributed by atoms with E-state index in [1.165, 1.54) is 20.2 Å². The Morgan fingerprint density at radius 1 is 0.420 bits per heavy atom. The summed E-state index contributed by atoms with van der Waals surface area (Å²) in [6.07, 6.45) is 3.69. The molecule has 4 aromatic heterocycles. The normalized spacial score (nSPS) is 11.6. The maximum atomic E-state index is 6.18. The minimum atomic E-state index is 0.673. The number of rotatable bonds is 5. The molecule has 10 aromatic rings. The summed E-state index contributed by atoms with van der Waals surface area (Å²) in [6.45, 7) is 0. The molecule has 50 heavy (non-hydrogen) atoms. The van der Waals surface area contributed by atoms with Gasteiger partial charge in [0.1, 0.15) is 11.2 Å². The van der Waals surface area contributed by atoms with E-state index in [2.05, 4.69) is 120 Å². The van der Waals surface area contributed by atoms with E-state index in [-0.39, 0.29) is 0 Å². The summed E-state index contributed by atoms with van der Waals surface area (Å²) in [6, 6.07) is 53.0. The zero-order chi connectivity index (χ0) is 33.0. The quantitative estimate of drug-likeness (QED) is 0.185. The second-order valence-corrected chi connectivity index (χ2v) is 13.5. The van der Waals surface area contributed by atoms with Crippen molar-refractivity contribution in [3.63, 3.8) is 0 Å². The molecule has 0 unspecified atom stereocenters. The molecule has 0 atom stereocenters. The Balaban J connectivity index is 1.11. The summed E-state index contributed by atoms with van der Waals surface area (Å²) >= 11 is 1.82. The molecular formula is C45H27N3OS. The van der Waals surface area contributed by atoms with Crippen molar-refractivity contribution in [3.05, 3.63) is 164 Å². The summed E-state index contributed by atoms with van der Waals surface area (Å²) < 4.78 is 8.74. The molecule has 0 amide bonds. The topological polar surface area (TPSA) is 51.8 Å². The first kappa shape index (κ1) is 28.6. The lowest BCUT2D eigenvalue weighted by Gasteiger charge is -2.13. The van der Waals surface area contributed by atoms with Gasteiger partial charge in [0, 0.05) is 65.6 Å². The van der Waals surface area contributed by atoms with E-state index in [1.807, 2.05) is 53.9 Å². The standard InChI is InChI=1S/C45H27N3OS/c1-2-12-37(33(9-1)32-8-7-23-46-27-32)45-47-39(26-40(48-45)31-20-22-44-38(24-31)36-11-4-6-14-43(36)50-44)29-17-15-28(16-18-29)30-19-21-35-34-10-3-5-13-41(34)49-42(35)25-30/h1-27H. The molecular weight excluding hydrogens is 631 g/mol. The van der Waals surface area contributed by atoms with Crippen LogP contribution in [0.1, 0.15) is 0 Å². The van der Waals surface area contributed by atoms with Gasteiger partial charge >= 0.3 is 0 Å². The van der Waals surface area contributed by atoms with Crippen LogP contribution in [-0.2, 0) is 0 Å². The Hall–Kier alpha value is -6.43. The van der Waals surface area contributed by atoms with Crippen molar-refractivity contribution < 1.29 is 4.42 Å². The van der Waals surface area contributed by atoms with Crippen molar-refractivity contribution in [3.8, 4) is 56.2 Å². The molecule has 0 aliphatic heterocycles. The number of benzene rings is 6. The highest BCUT2D eigenvalue weighted by Gasteiger charge is 2.16. The van der Waals surface area contributed by atoms with Gasteiger partial charge in [0.15, 0.2) is 5.82 Å². The van der Waals surface area contributed by atoms with E-state index in [9.17, 15) is 0 Å². The molecule has 4 heterocycles. The third kappa shape index (κ3) is 4.87. The van der Waals surface area contributed by atoms with Crippen LogP contribution in [0.15, 0.2) is 168 Å². The van der Waals surface area contributed by atoms with Crippen LogP contribution in [0.2, 0.25) is 0 Å². The van der Waals surface area contributed by atoms with Gasteiger partial charge in [0.05, 0.1) is 11.4 Å². The van der Waals surface area contributed by atoms with Crippen molar-refractivity contribution in [1.29, 1.82) is 0 Å². The van der Waals surface area contributed by atoms with Gasteiger partial charge in [-0.05, 0) is 65.2 Å². The number of pyridine rings is 1. The number of hydrogen-bond donors (Lipinski definition) is 0. The maximum Gasteiger partial charge on any atom is 0.161 e.